The lowest BCUT2D eigenvalue weighted by Gasteiger charge is -2.28. The standard InChI is InChI=1S/C20H23N5O.HI/c1-14-13-17(16-5-3-4-6-18(16)21-14)20(26)22-19-9-12-25(23-19)15-7-10-24(2)11-8-15;/h3-6,9,12-13,15H,7-8,10-11H2,1-2H3,(H,22,23,26);1H. The number of pyridine rings is 1. The van der Waals surface area contributed by atoms with Crippen LogP contribution in [0.15, 0.2) is 42.6 Å². The monoisotopic (exact) mass is 477 g/mol. The largest absolute Gasteiger partial charge is 0.306 e. The first kappa shape index (κ1) is 19.8. The van der Waals surface area contributed by atoms with Crippen molar-refractivity contribution in [1.29, 1.82) is 0 Å². The highest BCUT2D eigenvalue weighted by molar-refractivity contribution is 14.0. The fraction of sp³-hybridized carbons (Fsp3) is 0.350. The summed E-state index contributed by atoms with van der Waals surface area (Å²) in [6.45, 7) is 4.06. The van der Waals surface area contributed by atoms with Gasteiger partial charge in [-0.05, 0) is 52.0 Å². The Kier molecular flexibility index (Phi) is 6.11. The van der Waals surface area contributed by atoms with E-state index in [-0.39, 0.29) is 29.9 Å². The molecule has 1 saturated heterocycles. The van der Waals surface area contributed by atoms with Crippen molar-refractivity contribution in [2.45, 2.75) is 25.8 Å². The van der Waals surface area contributed by atoms with Gasteiger partial charge in [0.1, 0.15) is 0 Å². The third-order valence-electron chi connectivity index (χ3n) is 5.00. The van der Waals surface area contributed by atoms with E-state index in [0.717, 1.165) is 42.5 Å². The number of halogens is 1. The van der Waals surface area contributed by atoms with E-state index < -0.39 is 0 Å². The van der Waals surface area contributed by atoms with E-state index in [1.54, 1.807) is 0 Å². The van der Waals surface area contributed by atoms with Crippen molar-refractivity contribution < 1.29 is 4.79 Å². The van der Waals surface area contributed by atoms with Crippen molar-refractivity contribution in [2.24, 2.45) is 0 Å². The number of amides is 1. The number of benzene rings is 1. The molecule has 27 heavy (non-hydrogen) atoms. The molecule has 2 aromatic heterocycles. The van der Waals surface area contributed by atoms with E-state index in [9.17, 15) is 4.79 Å². The van der Waals surface area contributed by atoms with Crippen molar-refractivity contribution in [3.63, 3.8) is 0 Å². The highest BCUT2D eigenvalue weighted by Gasteiger charge is 2.19. The highest BCUT2D eigenvalue weighted by atomic mass is 127. The number of likely N-dealkylation sites (tertiary alicyclic amines) is 1. The van der Waals surface area contributed by atoms with Gasteiger partial charge in [0.05, 0.1) is 17.1 Å². The number of rotatable bonds is 3. The molecule has 0 radical (unpaired) electrons. The average Bonchev–Trinajstić information content (AvgIpc) is 3.10. The molecule has 0 spiro atoms. The second kappa shape index (κ2) is 8.35. The number of nitrogens with zero attached hydrogens (tertiary/aromatic N) is 4. The number of fused-ring (bicyclic) bond motifs is 1. The van der Waals surface area contributed by atoms with E-state index in [4.69, 9.17) is 0 Å². The molecule has 0 bridgehead atoms. The van der Waals surface area contributed by atoms with Crippen molar-refractivity contribution in [2.75, 3.05) is 25.5 Å². The van der Waals surface area contributed by atoms with Crippen LogP contribution in [0.2, 0.25) is 0 Å². The summed E-state index contributed by atoms with van der Waals surface area (Å²) >= 11 is 0. The van der Waals surface area contributed by atoms with E-state index in [0.29, 0.717) is 17.4 Å². The zero-order valence-electron chi connectivity index (χ0n) is 15.6. The highest BCUT2D eigenvalue weighted by Crippen LogP contribution is 2.23. The second-order valence-electron chi connectivity index (χ2n) is 7.00. The molecule has 1 N–H and O–H groups in total. The van der Waals surface area contributed by atoms with E-state index in [1.807, 2.05) is 54.2 Å². The lowest BCUT2D eigenvalue weighted by atomic mass is 10.1. The maximum Gasteiger partial charge on any atom is 0.257 e. The Morgan fingerprint density at radius 3 is 2.70 bits per heavy atom. The number of carbonyl (C=O) groups excluding carboxylic acids is 1. The Hall–Kier alpha value is -2.00. The molecule has 6 nitrogen and oxygen atoms in total. The van der Waals surface area contributed by atoms with Gasteiger partial charge >= 0.3 is 0 Å². The molecule has 4 rings (SSSR count). The van der Waals surface area contributed by atoms with Crippen molar-refractivity contribution in [3.8, 4) is 0 Å². The maximum absolute atomic E-state index is 12.8. The molecule has 3 heterocycles. The SMILES string of the molecule is Cc1cc(C(=O)Nc2ccn(C3CCN(C)CC3)n2)c2ccccc2n1.I. The maximum atomic E-state index is 12.8. The zero-order valence-corrected chi connectivity index (χ0v) is 17.9. The number of hydrogen-bond acceptors (Lipinski definition) is 4. The minimum absolute atomic E-state index is 0. The molecule has 0 atom stereocenters. The predicted molar refractivity (Wildman–Crippen MR) is 118 cm³/mol. The molecule has 0 unspecified atom stereocenters. The molecule has 1 aliphatic heterocycles. The normalized spacial score (nSPS) is 15.5. The summed E-state index contributed by atoms with van der Waals surface area (Å²) in [6.07, 6.45) is 4.13. The number of aromatic nitrogens is 3. The van der Waals surface area contributed by atoms with Gasteiger partial charge in [0.2, 0.25) is 0 Å². The molecule has 142 valence electrons. The van der Waals surface area contributed by atoms with Crippen molar-refractivity contribution >= 4 is 46.6 Å². The molecule has 1 amide bonds. The Morgan fingerprint density at radius 2 is 1.93 bits per heavy atom. The van der Waals surface area contributed by atoms with Gasteiger partial charge in [0.25, 0.3) is 5.91 Å². The summed E-state index contributed by atoms with van der Waals surface area (Å²) < 4.78 is 1.98. The summed E-state index contributed by atoms with van der Waals surface area (Å²) in [6, 6.07) is 11.8. The molecule has 0 saturated carbocycles. The Morgan fingerprint density at radius 1 is 1.19 bits per heavy atom. The summed E-state index contributed by atoms with van der Waals surface area (Å²) in [7, 11) is 2.14. The van der Waals surface area contributed by atoms with Crippen LogP contribution in [0, 0.1) is 6.92 Å². The van der Waals surface area contributed by atoms with Crippen LogP contribution in [-0.4, -0.2) is 45.7 Å². The van der Waals surface area contributed by atoms with Gasteiger partial charge in [-0.15, -0.1) is 24.0 Å². The molecule has 1 aliphatic rings. The smallest absolute Gasteiger partial charge is 0.257 e. The fourth-order valence-electron chi connectivity index (χ4n) is 3.55. The van der Waals surface area contributed by atoms with Crippen LogP contribution in [0.25, 0.3) is 10.9 Å². The van der Waals surface area contributed by atoms with E-state index in [1.165, 1.54) is 0 Å². The van der Waals surface area contributed by atoms with Crippen molar-refractivity contribution in [3.05, 3.63) is 53.9 Å². The van der Waals surface area contributed by atoms with E-state index in [2.05, 4.69) is 27.3 Å². The first-order valence-electron chi connectivity index (χ1n) is 9.01. The number of anilines is 1. The Labute approximate surface area is 176 Å². The third-order valence-corrected chi connectivity index (χ3v) is 5.00. The predicted octanol–water partition coefficient (Wildman–Crippen LogP) is 3.88. The van der Waals surface area contributed by atoms with Gasteiger partial charge in [0.15, 0.2) is 5.82 Å². The van der Waals surface area contributed by atoms with Crippen LogP contribution >= 0.6 is 24.0 Å². The second-order valence-corrected chi connectivity index (χ2v) is 7.00. The minimum atomic E-state index is -0.152. The number of piperidine rings is 1. The first-order chi connectivity index (χ1) is 12.6. The van der Waals surface area contributed by atoms with Gasteiger partial charge < -0.3 is 10.2 Å². The minimum Gasteiger partial charge on any atom is -0.306 e. The van der Waals surface area contributed by atoms with Gasteiger partial charge in [0, 0.05) is 23.3 Å². The lowest BCUT2D eigenvalue weighted by Crippen LogP contribution is -2.31. The van der Waals surface area contributed by atoms with Gasteiger partial charge in [-0.2, -0.15) is 5.10 Å². The van der Waals surface area contributed by atoms with E-state index >= 15 is 0 Å². The average molecular weight is 477 g/mol. The molecule has 1 aromatic carbocycles. The van der Waals surface area contributed by atoms with Crippen molar-refractivity contribution in [1.82, 2.24) is 19.7 Å². The molecule has 7 heteroatoms. The van der Waals surface area contributed by atoms with Gasteiger partial charge in [-0.1, -0.05) is 18.2 Å². The molecular formula is C20H24IN5O. The topological polar surface area (TPSA) is 63.1 Å². The summed E-state index contributed by atoms with van der Waals surface area (Å²) in [4.78, 5) is 19.6. The molecule has 0 aliphatic carbocycles. The lowest BCUT2D eigenvalue weighted by molar-refractivity contribution is 0.102. The Bertz CT molecular complexity index is 946. The zero-order chi connectivity index (χ0) is 18.1. The molecular weight excluding hydrogens is 453 g/mol. The van der Waals surface area contributed by atoms with Gasteiger partial charge in [-0.3, -0.25) is 14.5 Å². The van der Waals surface area contributed by atoms with Crippen LogP contribution < -0.4 is 5.32 Å². The van der Waals surface area contributed by atoms with Crippen LogP contribution in [0.4, 0.5) is 5.82 Å². The number of hydrogen-bond donors (Lipinski definition) is 1. The first-order valence-corrected chi connectivity index (χ1v) is 9.01. The molecule has 3 aromatic rings. The van der Waals surface area contributed by atoms with Gasteiger partial charge in [-0.25, -0.2) is 0 Å². The number of nitrogens with one attached hydrogen (secondary N) is 1. The summed E-state index contributed by atoms with van der Waals surface area (Å²) in [5.74, 6) is 0.438. The third kappa shape index (κ3) is 4.30. The fourth-order valence-corrected chi connectivity index (χ4v) is 3.55. The number of para-hydroxylation sites is 1. The number of carbonyl (C=O) groups is 1. The molecule has 1 fully saturated rings. The number of aryl methyl sites for hydroxylation is 1. The summed E-state index contributed by atoms with van der Waals surface area (Å²) in [5, 5.41) is 8.37. The quantitative estimate of drug-likeness (QED) is 0.582. The van der Waals surface area contributed by atoms with Crippen LogP contribution in [0.5, 0.6) is 0 Å². The van der Waals surface area contributed by atoms with Crippen LogP contribution in [0.1, 0.15) is 34.9 Å². The Balaban J connectivity index is 0.00000210. The summed E-state index contributed by atoms with van der Waals surface area (Å²) in [5.41, 5.74) is 2.28. The van der Waals surface area contributed by atoms with Crippen LogP contribution in [-0.2, 0) is 0 Å². The van der Waals surface area contributed by atoms with Crippen LogP contribution in [0.3, 0.4) is 0 Å².